The molecule has 0 aromatic rings. The Morgan fingerprint density at radius 1 is 1.28 bits per heavy atom. The van der Waals surface area contributed by atoms with Gasteiger partial charge in [-0.2, -0.15) is 0 Å². The largest absolute Gasteiger partial charge is 0.392 e. The number of ether oxygens (including phenoxy) is 1. The van der Waals surface area contributed by atoms with Crippen LogP contribution in [0, 0.1) is 17.3 Å². The van der Waals surface area contributed by atoms with Crippen molar-refractivity contribution in [1.29, 1.82) is 0 Å². The van der Waals surface area contributed by atoms with E-state index in [0.29, 0.717) is 5.92 Å². The van der Waals surface area contributed by atoms with E-state index < -0.39 is 0 Å². The molecular weight excluding hydrogens is 226 g/mol. The van der Waals surface area contributed by atoms with Crippen molar-refractivity contribution >= 4 is 0 Å². The van der Waals surface area contributed by atoms with Crippen LogP contribution in [0.25, 0.3) is 0 Å². The van der Waals surface area contributed by atoms with E-state index in [1.165, 1.54) is 12.8 Å². The zero-order chi connectivity index (χ0) is 13.2. The molecule has 1 N–H and O–H groups in total. The zero-order valence-electron chi connectivity index (χ0n) is 12.2. The lowest BCUT2D eigenvalue weighted by Crippen LogP contribution is -2.36. The van der Waals surface area contributed by atoms with E-state index in [9.17, 15) is 5.11 Å². The molecular formula is C15H29NO2. The van der Waals surface area contributed by atoms with Gasteiger partial charge in [-0.15, -0.1) is 0 Å². The molecule has 2 unspecified atom stereocenters. The van der Waals surface area contributed by atoms with E-state index >= 15 is 0 Å². The predicted octanol–water partition coefficient (Wildman–Crippen LogP) is 2.14. The molecule has 3 nitrogen and oxygen atoms in total. The van der Waals surface area contributed by atoms with Crippen LogP contribution in [-0.2, 0) is 4.74 Å². The van der Waals surface area contributed by atoms with Gasteiger partial charge >= 0.3 is 0 Å². The van der Waals surface area contributed by atoms with Crippen LogP contribution < -0.4 is 0 Å². The smallest absolute Gasteiger partial charge is 0.0631 e. The highest BCUT2D eigenvalue weighted by Crippen LogP contribution is 2.41. The van der Waals surface area contributed by atoms with Gasteiger partial charge in [0.15, 0.2) is 0 Å². The van der Waals surface area contributed by atoms with E-state index in [4.69, 9.17) is 4.74 Å². The highest BCUT2D eigenvalue weighted by molar-refractivity contribution is 4.91. The third kappa shape index (κ3) is 3.94. The van der Waals surface area contributed by atoms with Crippen LogP contribution in [0.4, 0.5) is 0 Å². The Kier molecular flexibility index (Phi) is 4.68. The third-order valence-corrected chi connectivity index (χ3v) is 4.62. The van der Waals surface area contributed by atoms with Crippen molar-refractivity contribution in [2.75, 3.05) is 33.4 Å². The van der Waals surface area contributed by atoms with Crippen LogP contribution in [0.1, 0.15) is 39.5 Å². The summed E-state index contributed by atoms with van der Waals surface area (Å²) in [5, 5.41) is 10.3. The third-order valence-electron chi connectivity index (χ3n) is 4.62. The number of nitrogens with zero attached hydrogens (tertiary/aromatic N) is 1. The molecule has 2 atom stereocenters. The number of hydrogen-bond donors (Lipinski definition) is 1. The van der Waals surface area contributed by atoms with Crippen molar-refractivity contribution in [3.63, 3.8) is 0 Å². The second-order valence-corrected chi connectivity index (χ2v) is 7.01. The minimum absolute atomic E-state index is 0.105. The highest BCUT2D eigenvalue weighted by atomic mass is 16.5. The Morgan fingerprint density at radius 2 is 2.00 bits per heavy atom. The van der Waals surface area contributed by atoms with Crippen LogP contribution >= 0.6 is 0 Å². The topological polar surface area (TPSA) is 32.7 Å². The number of hydrogen-bond acceptors (Lipinski definition) is 3. The molecule has 2 saturated carbocycles. The maximum Gasteiger partial charge on any atom is 0.0631 e. The molecule has 0 spiro atoms. The van der Waals surface area contributed by atoms with Gasteiger partial charge in [0.2, 0.25) is 0 Å². The fraction of sp³-hybridized carbons (Fsp3) is 1.00. The average Bonchev–Trinajstić information content (AvgIpc) is 3.09. The fourth-order valence-electron chi connectivity index (χ4n) is 2.94. The molecule has 0 aromatic heterocycles. The predicted molar refractivity (Wildman–Crippen MR) is 73.6 cm³/mol. The van der Waals surface area contributed by atoms with Crippen LogP contribution in [0.5, 0.6) is 0 Å². The maximum atomic E-state index is 10.3. The molecule has 2 fully saturated rings. The van der Waals surface area contributed by atoms with Crippen LogP contribution in [0.2, 0.25) is 0 Å². The van der Waals surface area contributed by atoms with E-state index in [-0.39, 0.29) is 11.5 Å². The van der Waals surface area contributed by atoms with Gasteiger partial charge in [-0.05, 0) is 50.0 Å². The van der Waals surface area contributed by atoms with Crippen molar-refractivity contribution in [1.82, 2.24) is 4.90 Å². The van der Waals surface area contributed by atoms with E-state index in [1.807, 2.05) is 0 Å². The Labute approximate surface area is 112 Å². The van der Waals surface area contributed by atoms with E-state index in [0.717, 1.165) is 45.1 Å². The maximum absolute atomic E-state index is 10.3. The summed E-state index contributed by atoms with van der Waals surface area (Å²) in [6.45, 7) is 8.12. The van der Waals surface area contributed by atoms with Crippen molar-refractivity contribution < 1.29 is 9.84 Å². The van der Waals surface area contributed by atoms with Crippen LogP contribution in [0.15, 0.2) is 0 Å². The van der Waals surface area contributed by atoms with E-state index in [2.05, 4.69) is 25.8 Å². The highest BCUT2D eigenvalue weighted by Gasteiger charge is 2.40. The number of rotatable bonds is 7. The van der Waals surface area contributed by atoms with Gasteiger partial charge < -0.3 is 14.7 Å². The van der Waals surface area contributed by atoms with Gasteiger partial charge in [0.05, 0.1) is 12.7 Å². The SMILES string of the molecule is CN(CCOCC1CC1)CC1CCC(C)(C)C1O. The van der Waals surface area contributed by atoms with Gasteiger partial charge in [-0.3, -0.25) is 0 Å². The van der Waals surface area contributed by atoms with Crippen LogP contribution in [0.3, 0.4) is 0 Å². The lowest BCUT2D eigenvalue weighted by Gasteiger charge is -2.28. The minimum Gasteiger partial charge on any atom is -0.392 e. The van der Waals surface area contributed by atoms with Crippen molar-refractivity contribution in [3.8, 4) is 0 Å². The summed E-state index contributed by atoms with van der Waals surface area (Å²) in [7, 11) is 2.14. The monoisotopic (exact) mass is 255 g/mol. The normalized spacial score (nSPS) is 31.2. The molecule has 2 aliphatic carbocycles. The summed E-state index contributed by atoms with van der Waals surface area (Å²) in [5.41, 5.74) is 0.105. The zero-order valence-corrected chi connectivity index (χ0v) is 12.2. The molecule has 0 bridgehead atoms. The summed E-state index contributed by atoms with van der Waals surface area (Å²) < 4.78 is 5.66. The van der Waals surface area contributed by atoms with E-state index in [1.54, 1.807) is 0 Å². The molecule has 0 saturated heterocycles. The van der Waals surface area contributed by atoms with Crippen molar-refractivity contribution in [3.05, 3.63) is 0 Å². The van der Waals surface area contributed by atoms with Gasteiger partial charge in [0.25, 0.3) is 0 Å². The Hall–Kier alpha value is -0.120. The van der Waals surface area contributed by atoms with Crippen LogP contribution in [-0.4, -0.2) is 49.5 Å². The summed E-state index contributed by atoms with van der Waals surface area (Å²) in [6, 6.07) is 0. The number of aliphatic hydroxyl groups is 1. The first-order valence-corrected chi connectivity index (χ1v) is 7.43. The number of likely N-dealkylation sites (N-methyl/N-ethyl adjacent to an activating group) is 1. The molecule has 2 rings (SSSR count). The molecule has 18 heavy (non-hydrogen) atoms. The molecule has 2 aliphatic rings. The summed E-state index contributed by atoms with van der Waals surface area (Å²) >= 11 is 0. The first-order valence-electron chi connectivity index (χ1n) is 7.43. The second kappa shape index (κ2) is 5.89. The molecule has 0 aliphatic heterocycles. The molecule has 3 heteroatoms. The fourth-order valence-corrected chi connectivity index (χ4v) is 2.94. The minimum atomic E-state index is -0.146. The number of aliphatic hydroxyl groups excluding tert-OH is 1. The summed E-state index contributed by atoms with van der Waals surface area (Å²) in [5.74, 6) is 1.29. The molecule has 106 valence electrons. The van der Waals surface area contributed by atoms with Gasteiger partial charge in [0.1, 0.15) is 0 Å². The first-order chi connectivity index (χ1) is 8.49. The second-order valence-electron chi connectivity index (χ2n) is 7.01. The van der Waals surface area contributed by atoms with Gasteiger partial charge in [0, 0.05) is 19.7 Å². The standard InChI is InChI=1S/C15H29NO2/c1-15(2)7-6-13(14(15)17)10-16(3)8-9-18-11-12-4-5-12/h12-14,17H,4-11H2,1-3H3. The molecule has 0 heterocycles. The average molecular weight is 255 g/mol. The molecule has 0 amide bonds. The molecule has 0 aromatic carbocycles. The van der Waals surface area contributed by atoms with Crippen molar-refractivity contribution in [2.24, 2.45) is 17.3 Å². The van der Waals surface area contributed by atoms with Crippen molar-refractivity contribution in [2.45, 2.75) is 45.6 Å². The molecule has 0 radical (unpaired) electrons. The van der Waals surface area contributed by atoms with Gasteiger partial charge in [-0.25, -0.2) is 0 Å². The quantitative estimate of drug-likeness (QED) is 0.708. The summed E-state index contributed by atoms with van der Waals surface area (Å²) in [4.78, 5) is 2.31. The van der Waals surface area contributed by atoms with Gasteiger partial charge in [-0.1, -0.05) is 13.8 Å². The first kappa shape index (κ1) is 14.3. The Balaban J connectivity index is 1.59. The lowest BCUT2D eigenvalue weighted by atomic mass is 9.87. The Morgan fingerprint density at radius 3 is 2.56 bits per heavy atom. The Bertz CT molecular complexity index is 263. The summed E-state index contributed by atoms with van der Waals surface area (Å²) in [6.07, 6.45) is 4.87. The lowest BCUT2D eigenvalue weighted by molar-refractivity contribution is 0.0306.